The van der Waals surface area contributed by atoms with Gasteiger partial charge in [-0.2, -0.15) is 0 Å². The van der Waals surface area contributed by atoms with Crippen LogP contribution in [0.15, 0.2) is 42.1 Å². The Hall–Kier alpha value is -2.08. The van der Waals surface area contributed by atoms with Crippen LogP contribution in [0.4, 0.5) is 0 Å². The van der Waals surface area contributed by atoms with Gasteiger partial charge in [0.15, 0.2) is 11.0 Å². The normalized spacial score (nSPS) is 29.2. The molecule has 4 aliphatic rings. The monoisotopic (exact) mass is 422 g/mol. The smallest absolute Gasteiger partial charge is 0.230 e. The van der Waals surface area contributed by atoms with Crippen LogP contribution in [0.25, 0.3) is 11.4 Å². The molecule has 4 fully saturated rings. The maximum atomic E-state index is 12.9. The van der Waals surface area contributed by atoms with E-state index in [4.69, 9.17) is 0 Å². The molecule has 2 aromatic rings. The fraction of sp³-hybridized carbons (Fsp3) is 0.542. The summed E-state index contributed by atoms with van der Waals surface area (Å²) in [6, 6.07) is 8.18. The van der Waals surface area contributed by atoms with Gasteiger partial charge in [-0.05, 0) is 68.8 Å². The van der Waals surface area contributed by atoms with E-state index in [1.54, 1.807) is 0 Å². The van der Waals surface area contributed by atoms with Crippen LogP contribution in [0.5, 0.6) is 0 Å². The van der Waals surface area contributed by atoms with E-state index in [0.717, 1.165) is 39.9 Å². The lowest BCUT2D eigenvalue weighted by atomic mass is 9.53. The van der Waals surface area contributed by atoms with Crippen LogP contribution < -0.4 is 5.32 Å². The number of nitrogens with zero attached hydrogens (tertiary/aromatic N) is 3. The Bertz CT molecular complexity index is 931. The third-order valence-corrected chi connectivity index (χ3v) is 8.16. The molecular weight excluding hydrogens is 392 g/mol. The lowest BCUT2D eigenvalue weighted by molar-refractivity contribution is -0.124. The molecule has 30 heavy (non-hydrogen) atoms. The Kier molecular flexibility index (Phi) is 5.21. The minimum Gasteiger partial charge on any atom is -0.350 e. The molecule has 1 aromatic carbocycles. The third kappa shape index (κ3) is 3.70. The summed E-state index contributed by atoms with van der Waals surface area (Å²) in [5.41, 5.74) is 2.29. The first kappa shape index (κ1) is 19.9. The van der Waals surface area contributed by atoms with Gasteiger partial charge in [-0.15, -0.1) is 16.8 Å². The molecule has 0 saturated heterocycles. The molecule has 158 valence electrons. The summed E-state index contributed by atoms with van der Waals surface area (Å²) in [4.78, 5) is 12.9. The highest BCUT2D eigenvalue weighted by Crippen LogP contribution is 2.55. The molecule has 0 aliphatic heterocycles. The van der Waals surface area contributed by atoms with Crippen LogP contribution >= 0.6 is 11.8 Å². The Balaban J connectivity index is 1.28. The van der Waals surface area contributed by atoms with Crippen molar-refractivity contribution in [3.8, 4) is 11.4 Å². The number of hydrogen-bond donors (Lipinski definition) is 1. The number of benzene rings is 1. The second kappa shape index (κ2) is 7.88. The minimum atomic E-state index is 0.0630. The quantitative estimate of drug-likeness (QED) is 0.523. The molecule has 6 rings (SSSR count). The van der Waals surface area contributed by atoms with Gasteiger partial charge >= 0.3 is 0 Å². The first-order valence-electron chi connectivity index (χ1n) is 11.1. The zero-order valence-electron chi connectivity index (χ0n) is 17.6. The summed E-state index contributed by atoms with van der Waals surface area (Å²) < 4.78 is 2.05. The first-order valence-corrected chi connectivity index (χ1v) is 12.1. The Morgan fingerprint density at radius 1 is 1.20 bits per heavy atom. The predicted molar refractivity (Wildman–Crippen MR) is 120 cm³/mol. The Labute approximate surface area is 182 Å². The van der Waals surface area contributed by atoms with Crippen molar-refractivity contribution in [1.82, 2.24) is 20.1 Å². The van der Waals surface area contributed by atoms with Crippen LogP contribution in [0.2, 0.25) is 0 Å². The minimum absolute atomic E-state index is 0.0630. The summed E-state index contributed by atoms with van der Waals surface area (Å²) in [6.45, 7) is 6.58. The van der Waals surface area contributed by atoms with Crippen LogP contribution in [0.3, 0.4) is 0 Å². The number of amides is 1. The zero-order chi connectivity index (χ0) is 20.7. The van der Waals surface area contributed by atoms with Gasteiger partial charge in [-0.1, -0.05) is 42.1 Å². The number of rotatable bonds is 7. The van der Waals surface area contributed by atoms with Gasteiger partial charge in [0.2, 0.25) is 5.91 Å². The van der Waals surface area contributed by atoms with Crippen molar-refractivity contribution in [1.29, 1.82) is 0 Å². The molecule has 0 spiro atoms. The second-order valence-electron chi connectivity index (χ2n) is 9.56. The van der Waals surface area contributed by atoms with Gasteiger partial charge in [-0.25, -0.2) is 0 Å². The summed E-state index contributed by atoms with van der Waals surface area (Å²) in [5.74, 6) is 3.83. The summed E-state index contributed by atoms with van der Waals surface area (Å²) in [6.07, 6.45) is 9.55. The van der Waals surface area contributed by atoms with E-state index in [2.05, 4.69) is 45.7 Å². The molecule has 0 radical (unpaired) electrons. The largest absolute Gasteiger partial charge is 0.350 e. The Morgan fingerprint density at radius 2 is 1.87 bits per heavy atom. The molecule has 4 saturated carbocycles. The summed E-state index contributed by atoms with van der Waals surface area (Å²) >= 11 is 1.47. The number of hydrogen-bond acceptors (Lipinski definition) is 4. The zero-order valence-corrected chi connectivity index (χ0v) is 18.5. The predicted octanol–water partition coefficient (Wildman–Crippen LogP) is 4.62. The molecule has 4 aliphatic carbocycles. The van der Waals surface area contributed by atoms with Gasteiger partial charge in [0.1, 0.15) is 0 Å². The van der Waals surface area contributed by atoms with E-state index >= 15 is 0 Å². The molecular formula is C24H30N4OS. The van der Waals surface area contributed by atoms with Crippen molar-refractivity contribution < 1.29 is 4.79 Å². The molecule has 1 aromatic heterocycles. The number of aryl methyl sites for hydroxylation is 1. The van der Waals surface area contributed by atoms with Crippen LogP contribution in [0, 0.1) is 24.7 Å². The van der Waals surface area contributed by atoms with Crippen LogP contribution in [-0.2, 0) is 11.3 Å². The van der Waals surface area contributed by atoms with Crippen molar-refractivity contribution in [2.75, 3.05) is 5.75 Å². The van der Waals surface area contributed by atoms with E-state index < -0.39 is 0 Å². The molecule has 6 heteroatoms. The highest BCUT2D eigenvalue weighted by Gasteiger charge is 2.51. The van der Waals surface area contributed by atoms with Crippen LogP contribution in [-0.4, -0.2) is 32.0 Å². The van der Waals surface area contributed by atoms with Gasteiger partial charge in [-0.3, -0.25) is 9.36 Å². The highest BCUT2D eigenvalue weighted by atomic mass is 32.2. The fourth-order valence-electron chi connectivity index (χ4n) is 6.44. The fourth-order valence-corrected chi connectivity index (χ4v) is 7.19. The van der Waals surface area contributed by atoms with Crippen molar-refractivity contribution in [3.63, 3.8) is 0 Å². The highest BCUT2D eigenvalue weighted by molar-refractivity contribution is 7.99. The number of carbonyl (C=O) groups excluding carboxylic acids is 1. The van der Waals surface area contributed by atoms with Gasteiger partial charge in [0.05, 0.1) is 5.75 Å². The molecule has 5 nitrogen and oxygen atoms in total. The van der Waals surface area contributed by atoms with E-state index in [0.29, 0.717) is 12.3 Å². The Morgan fingerprint density at radius 3 is 2.50 bits per heavy atom. The first-order chi connectivity index (χ1) is 14.5. The number of carbonyl (C=O) groups is 1. The molecule has 1 amide bonds. The summed E-state index contributed by atoms with van der Waals surface area (Å²) in [5, 5.41) is 13.1. The summed E-state index contributed by atoms with van der Waals surface area (Å²) in [7, 11) is 0. The third-order valence-electron chi connectivity index (χ3n) is 7.19. The lowest BCUT2D eigenvalue weighted by Gasteiger charge is -2.56. The van der Waals surface area contributed by atoms with E-state index in [1.165, 1.54) is 50.3 Å². The van der Waals surface area contributed by atoms with Gasteiger partial charge < -0.3 is 5.32 Å². The number of allylic oxidation sites excluding steroid dienone is 1. The number of nitrogens with one attached hydrogen (secondary N) is 1. The number of aromatic nitrogens is 3. The standard InChI is InChI=1S/C24H30N4OS/c1-3-8-28-22(20-7-5-4-6-16(20)2)26-27-23(28)30-15-21(29)25-24-12-17-9-18(13-24)11-19(10-17)14-24/h3-7,17-19H,1,8-15H2,2H3,(H,25,29). The molecule has 4 bridgehead atoms. The van der Waals surface area contributed by atoms with Gasteiger partial charge in [0.25, 0.3) is 0 Å². The van der Waals surface area contributed by atoms with Gasteiger partial charge in [0, 0.05) is 17.6 Å². The van der Waals surface area contributed by atoms with Crippen LogP contribution in [0.1, 0.15) is 44.1 Å². The van der Waals surface area contributed by atoms with E-state index in [1.807, 2.05) is 18.2 Å². The topological polar surface area (TPSA) is 59.8 Å². The van der Waals surface area contributed by atoms with E-state index in [-0.39, 0.29) is 11.4 Å². The van der Waals surface area contributed by atoms with Crippen molar-refractivity contribution >= 4 is 17.7 Å². The maximum Gasteiger partial charge on any atom is 0.230 e. The molecule has 1 N–H and O–H groups in total. The SMILES string of the molecule is C=CCn1c(SCC(=O)NC23CC4CC(CC(C4)C2)C3)nnc1-c1ccccc1C. The lowest BCUT2D eigenvalue weighted by Crippen LogP contribution is -2.60. The molecule has 0 atom stereocenters. The average molecular weight is 423 g/mol. The van der Waals surface area contributed by atoms with Crippen molar-refractivity contribution in [2.45, 2.75) is 62.7 Å². The van der Waals surface area contributed by atoms with E-state index in [9.17, 15) is 4.79 Å². The molecule has 1 heterocycles. The molecule has 0 unspecified atom stereocenters. The second-order valence-corrected chi connectivity index (χ2v) is 10.5. The van der Waals surface area contributed by atoms with Crippen molar-refractivity contribution in [3.05, 3.63) is 42.5 Å². The van der Waals surface area contributed by atoms with Crippen molar-refractivity contribution in [2.24, 2.45) is 17.8 Å². The maximum absolute atomic E-state index is 12.9. The average Bonchev–Trinajstić information content (AvgIpc) is 3.08. The number of thioether (sulfide) groups is 1.